The molecule has 0 amide bonds. The summed E-state index contributed by atoms with van der Waals surface area (Å²) in [5.74, 6) is -3.51. The van der Waals surface area contributed by atoms with Crippen LogP contribution in [0, 0.1) is 6.92 Å². The third-order valence-corrected chi connectivity index (χ3v) is 3.42. The molecule has 3 N–H and O–H groups in total. The molecule has 24 heavy (non-hydrogen) atoms. The van der Waals surface area contributed by atoms with Gasteiger partial charge in [-0.2, -0.15) is 0 Å². The zero-order chi connectivity index (χ0) is 17.9. The van der Waals surface area contributed by atoms with E-state index < -0.39 is 17.9 Å². The molecule has 2 aromatic rings. The van der Waals surface area contributed by atoms with Gasteiger partial charge in [0.05, 0.1) is 16.7 Å². The molecule has 0 heterocycles. The summed E-state index contributed by atoms with van der Waals surface area (Å²) in [5.41, 5.74) is 0.463. The van der Waals surface area contributed by atoms with Gasteiger partial charge in [0.1, 0.15) is 12.4 Å². The second-order valence-electron chi connectivity index (χ2n) is 5.05. The number of hydrogen-bond donors (Lipinski definition) is 3. The van der Waals surface area contributed by atoms with E-state index in [2.05, 4.69) is 0 Å². The van der Waals surface area contributed by atoms with Crippen LogP contribution in [0.5, 0.6) is 5.75 Å². The van der Waals surface area contributed by atoms with Crippen LogP contribution in [0.1, 0.15) is 42.2 Å². The zero-order valence-corrected chi connectivity index (χ0v) is 12.6. The van der Waals surface area contributed by atoms with Crippen molar-refractivity contribution >= 4 is 17.9 Å². The van der Waals surface area contributed by atoms with Crippen molar-refractivity contribution in [1.82, 2.24) is 0 Å². The Labute approximate surface area is 136 Å². The molecule has 0 bridgehead atoms. The summed E-state index contributed by atoms with van der Waals surface area (Å²) in [4.78, 5) is 33.4. The normalized spacial score (nSPS) is 10.2. The fourth-order valence-corrected chi connectivity index (χ4v) is 2.18. The summed E-state index contributed by atoms with van der Waals surface area (Å²) in [5, 5.41) is 27.3. The summed E-state index contributed by atoms with van der Waals surface area (Å²) in [7, 11) is 0. The average molecular weight is 330 g/mol. The summed E-state index contributed by atoms with van der Waals surface area (Å²) < 4.78 is 5.44. The van der Waals surface area contributed by atoms with Crippen LogP contribution in [0.15, 0.2) is 36.4 Å². The van der Waals surface area contributed by atoms with Gasteiger partial charge in [0.15, 0.2) is 0 Å². The third-order valence-electron chi connectivity index (χ3n) is 3.42. The zero-order valence-electron chi connectivity index (χ0n) is 12.6. The second kappa shape index (κ2) is 6.82. The van der Waals surface area contributed by atoms with Crippen LogP contribution in [0.4, 0.5) is 0 Å². The Kier molecular flexibility index (Phi) is 4.84. The molecule has 0 atom stereocenters. The van der Waals surface area contributed by atoms with E-state index in [4.69, 9.17) is 20.1 Å². The van der Waals surface area contributed by atoms with Gasteiger partial charge < -0.3 is 20.1 Å². The monoisotopic (exact) mass is 330 g/mol. The van der Waals surface area contributed by atoms with Gasteiger partial charge in [0, 0.05) is 0 Å². The van der Waals surface area contributed by atoms with Gasteiger partial charge in [0.2, 0.25) is 0 Å². The maximum atomic E-state index is 11.2. The number of carbonyl (C=O) groups is 3. The van der Waals surface area contributed by atoms with E-state index >= 15 is 0 Å². The second-order valence-corrected chi connectivity index (χ2v) is 5.05. The van der Waals surface area contributed by atoms with Crippen LogP contribution in [0.25, 0.3) is 0 Å². The van der Waals surface area contributed by atoms with E-state index in [1.807, 2.05) is 0 Å². The molecule has 0 radical (unpaired) electrons. The number of carboxylic acids is 3. The van der Waals surface area contributed by atoms with Crippen molar-refractivity contribution in [2.24, 2.45) is 0 Å². The molecule has 0 spiro atoms. The Morgan fingerprint density at radius 2 is 1.50 bits per heavy atom. The molecule has 0 fully saturated rings. The Hall–Kier alpha value is -3.35. The van der Waals surface area contributed by atoms with Gasteiger partial charge in [-0.05, 0) is 42.3 Å². The highest BCUT2D eigenvalue weighted by atomic mass is 16.5. The first-order valence-corrected chi connectivity index (χ1v) is 6.86. The quantitative estimate of drug-likeness (QED) is 0.744. The van der Waals surface area contributed by atoms with Crippen molar-refractivity contribution in [1.29, 1.82) is 0 Å². The Morgan fingerprint density at radius 1 is 0.917 bits per heavy atom. The molecule has 2 aromatic carbocycles. The Balaban J connectivity index is 2.30. The topological polar surface area (TPSA) is 121 Å². The molecule has 0 saturated carbocycles. The minimum atomic E-state index is -1.26. The summed E-state index contributed by atoms with van der Waals surface area (Å²) >= 11 is 0. The van der Waals surface area contributed by atoms with Crippen LogP contribution >= 0.6 is 0 Å². The van der Waals surface area contributed by atoms with Crippen LogP contribution in [-0.2, 0) is 6.61 Å². The van der Waals surface area contributed by atoms with Gasteiger partial charge in [-0.1, -0.05) is 12.1 Å². The standard InChI is InChI=1S/C17H14O7/c1-9-13(16(20)21)6-12(7-14(9)17(22)23)24-8-10-3-2-4-11(5-10)15(18)19/h2-7H,8H2,1H3,(H,18,19)(H,20,21)(H,22,23). The van der Waals surface area contributed by atoms with Gasteiger partial charge >= 0.3 is 17.9 Å². The van der Waals surface area contributed by atoms with Crippen molar-refractivity contribution in [2.45, 2.75) is 13.5 Å². The molecule has 2 rings (SSSR count). The van der Waals surface area contributed by atoms with Gasteiger partial charge in [-0.15, -0.1) is 0 Å². The summed E-state index contributed by atoms with van der Waals surface area (Å²) in [6.07, 6.45) is 0. The molecule has 0 aliphatic heterocycles. The van der Waals surface area contributed by atoms with Crippen LogP contribution in [-0.4, -0.2) is 33.2 Å². The lowest BCUT2D eigenvalue weighted by Gasteiger charge is -2.11. The molecule has 0 aliphatic rings. The van der Waals surface area contributed by atoms with Gasteiger partial charge in [0.25, 0.3) is 0 Å². The highest BCUT2D eigenvalue weighted by molar-refractivity contribution is 5.97. The van der Waals surface area contributed by atoms with Crippen molar-refractivity contribution in [3.63, 3.8) is 0 Å². The summed E-state index contributed by atoms with van der Waals surface area (Å²) in [6, 6.07) is 8.55. The largest absolute Gasteiger partial charge is 0.489 e. The molecule has 0 saturated heterocycles. The fourth-order valence-electron chi connectivity index (χ4n) is 2.18. The van der Waals surface area contributed by atoms with E-state index in [0.717, 1.165) is 0 Å². The van der Waals surface area contributed by atoms with Crippen molar-refractivity contribution in [3.8, 4) is 5.75 Å². The van der Waals surface area contributed by atoms with E-state index in [0.29, 0.717) is 5.56 Å². The van der Waals surface area contributed by atoms with Crippen molar-refractivity contribution in [3.05, 3.63) is 64.2 Å². The van der Waals surface area contributed by atoms with Crippen LogP contribution in [0.2, 0.25) is 0 Å². The molecule has 0 aromatic heterocycles. The number of ether oxygens (including phenoxy) is 1. The first-order chi connectivity index (χ1) is 11.3. The van der Waals surface area contributed by atoms with Crippen molar-refractivity contribution in [2.75, 3.05) is 0 Å². The summed E-state index contributed by atoms with van der Waals surface area (Å²) in [6.45, 7) is 1.38. The predicted molar refractivity (Wildman–Crippen MR) is 82.8 cm³/mol. The molecule has 0 aliphatic carbocycles. The van der Waals surface area contributed by atoms with E-state index in [9.17, 15) is 14.4 Å². The highest BCUT2D eigenvalue weighted by Crippen LogP contribution is 2.23. The molecule has 7 nitrogen and oxygen atoms in total. The number of benzene rings is 2. The number of aromatic carboxylic acids is 3. The van der Waals surface area contributed by atoms with E-state index in [1.54, 1.807) is 12.1 Å². The van der Waals surface area contributed by atoms with E-state index in [-0.39, 0.29) is 34.6 Å². The highest BCUT2D eigenvalue weighted by Gasteiger charge is 2.17. The first kappa shape index (κ1) is 17.0. The Morgan fingerprint density at radius 3 is 2.00 bits per heavy atom. The third kappa shape index (κ3) is 3.70. The minimum absolute atomic E-state index is 0.0255. The average Bonchev–Trinajstić information content (AvgIpc) is 2.53. The number of carboxylic acid groups (broad SMARTS) is 3. The number of rotatable bonds is 6. The smallest absolute Gasteiger partial charge is 0.336 e. The lowest BCUT2D eigenvalue weighted by Crippen LogP contribution is -2.08. The molecule has 0 unspecified atom stereocenters. The van der Waals surface area contributed by atoms with E-state index in [1.165, 1.54) is 31.2 Å². The lowest BCUT2D eigenvalue weighted by molar-refractivity contribution is 0.0680. The maximum absolute atomic E-state index is 11.2. The number of hydrogen-bond acceptors (Lipinski definition) is 4. The first-order valence-electron chi connectivity index (χ1n) is 6.86. The predicted octanol–water partition coefficient (Wildman–Crippen LogP) is 2.67. The lowest BCUT2D eigenvalue weighted by atomic mass is 10.0. The maximum Gasteiger partial charge on any atom is 0.336 e. The van der Waals surface area contributed by atoms with Crippen molar-refractivity contribution < 1.29 is 34.4 Å². The van der Waals surface area contributed by atoms with Crippen LogP contribution < -0.4 is 4.74 Å². The van der Waals surface area contributed by atoms with Crippen LogP contribution in [0.3, 0.4) is 0 Å². The molecular formula is C17H14O7. The fraction of sp³-hybridized carbons (Fsp3) is 0.118. The molecular weight excluding hydrogens is 316 g/mol. The van der Waals surface area contributed by atoms with Gasteiger partial charge in [-0.25, -0.2) is 14.4 Å². The Bertz CT molecular complexity index is 788. The molecule has 124 valence electrons. The molecule has 7 heteroatoms. The van der Waals surface area contributed by atoms with Gasteiger partial charge in [-0.3, -0.25) is 0 Å². The minimum Gasteiger partial charge on any atom is -0.489 e. The SMILES string of the molecule is Cc1c(C(=O)O)cc(OCc2cccc(C(=O)O)c2)cc1C(=O)O.